The van der Waals surface area contributed by atoms with Gasteiger partial charge in [0.15, 0.2) is 0 Å². The Morgan fingerprint density at radius 2 is 1.88 bits per heavy atom. The van der Waals surface area contributed by atoms with Gasteiger partial charge < -0.3 is 15.0 Å². The third-order valence-electron chi connectivity index (χ3n) is 3.98. The van der Waals surface area contributed by atoms with Gasteiger partial charge in [0, 0.05) is 36.2 Å². The van der Waals surface area contributed by atoms with Crippen molar-refractivity contribution in [3.05, 3.63) is 58.4 Å². The second kappa shape index (κ2) is 7.63. The molecule has 6 nitrogen and oxygen atoms in total. The van der Waals surface area contributed by atoms with Gasteiger partial charge >= 0.3 is 0 Å². The molecular formula is C18H18ClN3O3. The predicted octanol–water partition coefficient (Wildman–Crippen LogP) is 2.77. The third-order valence-corrected chi connectivity index (χ3v) is 4.22. The minimum absolute atomic E-state index is 0.145. The first-order valence-corrected chi connectivity index (χ1v) is 8.32. The van der Waals surface area contributed by atoms with Gasteiger partial charge in [-0.25, -0.2) is 0 Å². The van der Waals surface area contributed by atoms with Crippen LogP contribution in [0, 0.1) is 6.92 Å². The number of nitrogens with zero attached hydrogens (tertiary/aromatic N) is 2. The van der Waals surface area contributed by atoms with Crippen LogP contribution in [0.5, 0.6) is 0 Å². The predicted molar refractivity (Wildman–Crippen MR) is 95.1 cm³/mol. The molecule has 1 aromatic carbocycles. The molecule has 0 bridgehead atoms. The van der Waals surface area contributed by atoms with Gasteiger partial charge in [-0.2, -0.15) is 0 Å². The van der Waals surface area contributed by atoms with Crippen molar-refractivity contribution in [1.82, 2.24) is 9.88 Å². The summed E-state index contributed by atoms with van der Waals surface area (Å²) in [5, 5.41) is 3.42. The van der Waals surface area contributed by atoms with Crippen molar-refractivity contribution in [1.29, 1.82) is 0 Å². The molecule has 1 aliphatic rings. The number of carbonyl (C=O) groups is 2. The maximum absolute atomic E-state index is 12.5. The molecule has 0 spiro atoms. The number of halogens is 1. The fourth-order valence-corrected chi connectivity index (χ4v) is 2.82. The van der Waals surface area contributed by atoms with E-state index in [4.69, 9.17) is 16.3 Å². The van der Waals surface area contributed by atoms with Crippen LogP contribution in [0.4, 0.5) is 5.69 Å². The van der Waals surface area contributed by atoms with Gasteiger partial charge in [0.05, 0.1) is 24.3 Å². The highest BCUT2D eigenvalue weighted by atomic mass is 35.5. The molecule has 0 radical (unpaired) electrons. The van der Waals surface area contributed by atoms with E-state index >= 15 is 0 Å². The molecule has 0 unspecified atom stereocenters. The zero-order valence-electron chi connectivity index (χ0n) is 13.8. The van der Waals surface area contributed by atoms with Gasteiger partial charge in [-0.3, -0.25) is 14.6 Å². The second-order valence-electron chi connectivity index (χ2n) is 5.78. The van der Waals surface area contributed by atoms with E-state index in [1.807, 2.05) is 6.92 Å². The molecule has 1 fully saturated rings. The van der Waals surface area contributed by atoms with E-state index in [1.54, 1.807) is 29.2 Å². The number of nitrogens with one attached hydrogen (secondary N) is 1. The molecule has 0 aliphatic carbocycles. The standard InChI is InChI=1S/C18H18ClN3O3/c1-12-8-15(19)2-3-16(12)21-17(23)13-9-14(11-20-10-13)18(24)22-4-6-25-7-5-22/h2-3,8-11H,4-7H2,1H3,(H,21,23). The molecule has 3 rings (SSSR count). The van der Waals surface area contributed by atoms with Crippen molar-refractivity contribution in [2.45, 2.75) is 6.92 Å². The van der Waals surface area contributed by atoms with Gasteiger partial charge in [-0.05, 0) is 36.8 Å². The zero-order valence-corrected chi connectivity index (χ0v) is 14.5. The van der Waals surface area contributed by atoms with E-state index in [0.29, 0.717) is 48.1 Å². The lowest BCUT2D eigenvalue weighted by Crippen LogP contribution is -2.40. The topological polar surface area (TPSA) is 71.5 Å². The number of morpholine rings is 1. The quantitative estimate of drug-likeness (QED) is 0.914. The molecule has 25 heavy (non-hydrogen) atoms. The molecule has 2 aromatic rings. The summed E-state index contributed by atoms with van der Waals surface area (Å²) in [5.41, 5.74) is 2.24. The molecule has 1 aliphatic heterocycles. The van der Waals surface area contributed by atoms with Gasteiger partial charge in [-0.15, -0.1) is 0 Å². The van der Waals surface area contributed by atoms with Gasteiger partial charge in [-0.1, -0.05) is 11.6 Å². The summed E-state index contributed by atoms with van der Waals surface area (Å²) in [7, 11) is 0. The normalized spacial score (nSPS) is 14.2. The highest BCUT2D eigenvalue weighted by Crippen LogP contribution is 2.20. The first-order valence-electron chi connectivity index (χ1n) is 7.94. The molecular weight excluding hydrogens is 342 g/mol. The van der Waals surface area contributed by atoms with E-state index in [9.17, 15) is 9.59 Å². The van der Waals surface area contributed by atoms with Crippen LogP contribution in [0.2, 0.25) is 5.02 Å². The first-order chi connectivity index (χ1) is 12.0. The maximum Gasteiger partial charge on any atom is 0.257 e. The summed E-state index contributed by atoms with van der Waals surface area (Å²) in [6.07, 6.45) is 2.92. The number of hydrogen-bond donors (Lipinski definition) is 1. The lowest BCUT2D eigenvalue weighted by Gasteiger charge is -2.26. The number of carbonyl (C=O) groups excluding carboxylic acids is 2. The molecule has 1 N–H and O–H groups in total. The second-order valence-corrected chi connectivity index (χ2v) is 6.22. The molecule has 7 heteroatoms. The lowest BCUT2D eigenvalue weighted by atomic mass is 10.1. The highest BCUT2D eigenvalue weighted by molar-refractivity contribution is 6.30. The number of aromatic nitrogens is 1. The number of benzene rings is 1. The van der Waals surface area contributed by atoms with Crippen LogP contribution in [-0.2, 0) is 4.74 Å². The minimum Gasteiger partial charge on any atom is -0.378 e. The number of aryl methyl sites for hydroxylation is 1. The number of rotatable bonds is 3. The summed E-state index contributed by atoms with van der Waals surface area (Å²) < 4.78 is 5.25. The highest BCUT2D eigenvalue weighted by Gasteiger charge is 2.20. The van der Waals surface area contributed by atoms with Gasteiger partial charge in [0.2, 0.25) is 0 Å². The summed E-state index contributed by atoms with van der Waals surface area (Å²) in [6.45, 7) is 3.99. The molecule has 2 heterocycles. The van der Waals surface area contributed by atoms with Crippen molar-refractivity contribution < 1.29 is 14.3 Å². The monoisotopic (exact) mass is 359 g/mol. The molecule has 1 aromatic heterocycles. The van der Waals surface area contributed by atoms with Crippen LogP contribution in [0.15, 0.2) is 36.7 Å². The van der Waals surface area contributed by atoms with Crippen molar-refractivity contribution in [2.75, 3.05) is 31.6 Å². The molecule has 0 saturated carbocycles. The summed E-state index contributed by atoms with van der Waals surface area (Å²) in [6, 6.07) is 6.78. The summed E-state index contributed by atoms with van der Waals surface area (Å²) in [5.74, 6) is -0.470. The Labute approximate surface area is 150 Å². The smallest absolute Gasteiger partial charge is 0.257 e. The minimum atomic E-state index is -0.324. The van der Waals surface area contributed by atoms with Crippen molar-refractivity contribution in [3.8, 4) is 0 Å². The average Bonchev–Trinajstić information content (AvgIpc) is 2.64. The van der Waals surface area contributed by atoms with Crippen molar-refractivity contribution in [3.63, 3.8) is 0 Å². The Hall–Kier alpha value is -2.44. The number of pyridine rings is 1. The van der Waals surface area contributed by atoms with Crippen LogP contribution >= 0.6 is 11.6 Å². The Balaban J connectivity index is 1.76. The van der Waals surface area contributed by atoms with Crippen LogP contribution in [-0.4, -0.2) is 48.0 Å². The maximum atomic E-state index is 12.5. The molecule has 0 atom stereocenters. The number of ether oxygens (including phenoxy) is 1. The zero-order chi connectivity index (χ0) is 17.8. The molecule has 130 valence electrons. The Bertz CT molecular complexity index is 804. The van der Waals surface area contributed by atoms with E-state index in [2.05, 4.69) is 10.3 Å². The number of hydrogen-bond acceptors (Lipinski definition) is 4. The molecule has 1 saturated heterocycles. The lowest BCUT2D eigenvalue weighted by molar-refractivity contribution is 0.0302. The van der Waals surface area contributed by atoms with Crippen LogP contribution < -0.4 is 5.32 Å². The van der Waals surface area contributed by atoms with Crippen LogP contribution in [0.25, 0.3) is 0 Å². The fourth-order valence-electron chi connectivity index (χ4n) is 2.59. The van der Waals surface area contributed by atoms with E-state index in [1.165, 1.54) is 12.4 Å². The van der Waals surface area contributed by atoms with Gasteiger partial charge in [0.1, 0.15) is 0 Å². The van der Waals surface area contributed by atoms with E-state index in [-0.39, 0.29) is 11.8 Å². The number of amides is 2. The number of anilines is 1. The van der Waals surface area contributed by atoms with Crippen LogP contribution in [0.1, 0.15) is 26.3 Å². The van der Waals surface area contributed by atoms with E-state index in [0.717, 1.165) is 5.56 Å². The largest absolute Gasteiger partial charge is 0.378 e. The third kappa shape index (κ3) is 4.15. The van der Waals surface area contributed by atoms with Crippen molar-refractivity contribution >= 4 is 29.1 Å². The van der Waals surface area contributed by atoms with E-state index < -0.39 is 0 Å². The summed E-state index contributed by atoms with van der Waals surface area (Å²) >= 11 is 5.93. The Morgan fingerprint density at radius 1 is 1.16 bits per heavy atom. The average molecular weight is 360 g/mol. The molecule has 2 amide bonds. The van der Waals surface area contributed by atoms with Crippen molar-refractivity contribution in [2.24, 2.45) is 0 Å². The Morgan fingerprint density at radius 3 is 2.60 bits per heavy atom. The first kappa shape index (κ1) is 17.4. The van der Waals surface area contributed by atoms with Crippen LogP contribution in [0.3, 0.4) is 0 Å². The van der Waals surface area contributed by atoms with Gasteiger partial charge in [0.25, 0.3) is 11.8 Å². The summed E-state index contributed by atoms with van der Waals surface area (Å²) in [4.78, 5) is 30.7. The SMILES string of the molecule is Cc1cc(Cl)ccc1NC(=O)c1cncc(C(=O)N2CCOCC2)c1. The Kier molecular flexibility index (Phi) is 5.31. The fraction of sp³-hybridized carbons (Fsp3) is 0.278.